The molecule has 0 saturated carbocycles. The summed E-state index contributed by atoms with van der Waals surface area (Å²) in [6.07, 6.45) is 0.374. The number of anilines is 1. The number of phenolic OH excluding ortho intramolecular Hbond substituents is 1. The predicted octanol–water partition coefficient (Wildman–Crippen LogP) is 3.04. The van der Waals surface area contributed by atoms with Crippen molar-refractivity contribution in [3.8, 4) is 5.75 Å². The SMILES string of the molecule is O=Cc1cc(CC(O)NCCc2ccc(NCC(O)c3ccccc3)cc2)ccc1O. The van der Waals surface area contributed by atoms with Gasteiger partial charge in [-0.1, -0.05) is 48.5 Å². The monoisotopic (exact) mass is 420 g/mol. The molecule has 162 valence electrons. The summed E-state index contributed by atoms with van der Waals surface area (Å²) in [7, 11) is 0. The summed E-state index contributed by atoms with van der Waals surface area (Å²) in [5.74, 6) is -0.0614. The summed E-state index contributed by atoms with van der Waals surface area (Å²) in [5, 5.41) is 36.2. The molecular formula is C25H28N2O4. The Morgan fingerprint density at radius 2 is 1.61 bits per heavy atom. The number of phenols is 1. The number of carbonyl (C=O) groups is 1. The average molecular weight is 421 g/mol. The van der Waals surface area contributed by atoms with Gasteiger partial charge >= 0.3 is 0 Å². The zero-order valence-corrected chi connectivity index (χ0v) is 17.2. The van der Waals surface area contributed by atoms with Crippen molar-refractivity contribution >= 4 is 12.0 Å². The summed E-state index contributed by atoms with van der Waals surface area (Å²) in [6, 6.07) is 22.2. The molecule has 3 aromatic rings. The number of benzene rings is 3. The molecule has 0 aromatic heterocycles. The number of carbonyl (C=O) groups excluding carboxylic acids is 1. The molecule has 0 aliphatic carbocycles. The van der Waals surface area contributed by atoms with Crippen molar-refractivity contribution in [2.75, 3.05) is 18.4 Å². The van der Waals surface area contributed by atoms with Gasteiger partial charge in [0.05, 0.1) is 11.7 Å². The largest absolute Gasteiger partial charge is 0.507 e. The predicted molar refractivity (Wildman–Crippen MR) is 121 cm³/mol. The standard InChI is InChI=1S/C25H28N2O4/c28-17-21-14-19(8-11-23(21)29)15-25(31)26-13-12-18-6-9-22(10-7-18)27-16-24(30)20-4-2-1-3-5-20/h1-11,14,17,24-27,29-31H,12-13,15-16H2. The van der Waals surface area contributed by atoms with Crippen LogP contribution >= 0.6 is 0 Å². The van der Waals surface area contributed by atoms with Crippen molar-refractivity contribution in [2.45, 2.75) is 25.2 Å². The van der Waals surface area contributed by atoms with Crippen molar-refractivity contribution in [3.05, 3.63) is 95.1 Å². The summed E-state index contributed by atoms with van der Waals surface area (Å²) >= 11 is 0. The summed E-state index contributed by atoms with van der Waals surface area (Å²) in [4.78, 5) is 10.9. The Hall–Kier alpha value is -3.19. The molecule has 0 saturated heterocycles. The van der Waals surface area contributed by atoms with Crippen molar-refractivity contribution in [1.29, 1.82) is 0 Å². The lowest BCUT2D eigenvalue weighted by Crippen LogP contribution is -2.32. The lowest BCUT2D eigenvalue weighted by molar-refractivity contribution is 0.112. The molecule has 0 aliphatic heterocycles. The van der Waals surface area contributed by atoms with Crippen LogP contribution in [0.4, 0.5) is 5.69 Å². The highest BCUT2D eigenvalue weighted by atomic mass is 16.3. The minimum absolute atomic E-state index is 0.0614. The topological polar surface area (TPSA) is 102 Å². The van der Waals surface area contributed by atoms with Gasteiger partial charge in [-0.3, -0.25) is 10.1 Å². The van der Waals surface area contributed by atoms with E-state index < -0.39 is 12.3 Å². The molecule has 2 atom stereocenters. The Labute approximate surface area is 182 Å². The molecule has 0 bridgehead atoms. The van der Waals surface area contributed by atoms with Crippen molar-refractivity contribution in [2.24, 2.45) is 0 Å². The molecule has 31 heavy (non-hydrogen) atoms. The van der Waals surface area contributed by atoms with Gasteiger partial charge in [-0.05, 0) is 47.4 Å². The molecular weight excluding hydrogens is 392 g/mol. The third-order valence-electron chi connectivity index (χ3n) is 5.08. The number of nitrogens with one attached hydrogen (secondary N) is 2. The van der Waals surface area contributed by atoms with Crippen LogP contribution < -0.4 is 10.6 Å². The van der Waals surface area contributed by atoms with Gasteiger partial charge in [-0.2, -0.15) is 0 Å². The molecule has 0 aliphatic rings. The van der Waals surface area contributed by atoms with Crippen LogP contribution in [0.2, 0.25) is 0 Å². The molecule has 6 nitrogen and oxygen atoms in total. The molecule has 2 unspecified atom stereocenters. The molecule has 0 amide bonds. The van der Waals surface area contributed by atoms with Crippen molar-refractivity contribution in [3.63, 3.8) is 0 Å². The first-order valence-corrected chi connectivity index (χ1v) is 10.3. The van der Waals surface area contributed by atoms with E-state index >= 15 is 0 Å². The number of rotatable bonds is 11. The molecule has 3 aromatic carbocycles. The quantitative estimate of drug-likeness (QED) is 0.241. The number of aromatic hydroxyl groups is 1. The molecule has 0 heterocycles. The lowest BCUT2D eigenvalue weighted by Gasteiger charge is -2.14. The number of aliphatic hydroxyl groups excluding tert-OH is 2. The minimum Gasteiger partial charge on any atom is -0.507 e. The molecule has 3 rings (SSSR count). The van der Waals surface area contributed by atoms with Crippen LogP contribution in [0.25, 0.3) is 0 Å². The third-order valence-corrected chi connectivity index (χ3v) is 5.08. The second-order valence-corrected chi connectivity index (χ2v) is 7.44. The van der Waals surface area contributed by atoms with Gasteiger partial charge in [0.2, 0.25) is 0 Å². The van der Waals surface area contributed by atoms with Crippen LogP contribution in [0.3, 0.4) is 0 Å². The van der Waals surface area contributed by atoms with Crippen molar-refractivity contribution < 1.29 is 20.1 Å². The van der Waals surface area contributed by atoms with Gasteiger partial charge in [0.25, 0.3) is 0 Å². The molecule has 0 spiro atoms. The van der Waals surface area contributed by atoms with E-state index in [9.17, 15) is 20.1 Å². The fourth-order valence-electron chi connectivity index (χ4n) is 3.30. The third kappa shape index (κ3) is 6.93. The van der Waals surface area contributed by atoms with Gasteiger partial charge in [0.15, 0.2) is 6.29 Å². The fraction of sp³-hybridized carbons (Fsp3) is 0.240. The summed E-state index contributed by atoms with van der Waals surface area (Å²) in [5.41, 5.74) is 3.93. The van der Waals surface area contributed by atoms with E-state index in [4.69, 9.17) is 0 Å². The fourth-order valence-corrected chi connectivity index (χ4v) is 3.30. The summed E-state index contributed by atoms with van der Waals surface area (Å²) in [6.45, 7) is 1.03. The smallest absolute Gasteiger partial charge is 0.153 e. The number of aldehydes is 1. The van der Waals surface area contributed by atoms with Crippen LogP contribution in [-0.2, 0) is 12.8 Å². The Balaban J connectivity index is 1.40. The normalized spacial score (nSPS) is 12.8. The second kappa shape index (κ2) is 11.3. The average Bonchev–Trinajstić information content (AvgIpc) is 2.80. The minimum atomic E-state index is -0.746. The first kappa shape index (κ1) is 22.5. The Bertz CT molecular complexity index is 961. The van der Waals surface area contributed by atoms with E-state index in [-0.39, 0.29) is 11.3 Å². The van der Waals surface area contributed by atoms with Crippen LogP contribution in [-0.4, -0.2) is 40.9 Å². The van der Waals surface area contributed by atoms with Gasteiger partial charge < -0.3 is 20.6 Å². The lowest BCUT2D eigenvalue weighted by atomic mass is 10.1. The molecule has 5 N–H and O–H groups in total. The summed E-state index contributed by atoms with van der Waals surface area (Å²) < 4.78 is 0. The second-order valence-electron chi connectivity index (χ2n) is 7.44. The van der Waals surface area contributed by atoms with Crippen LogP contribution in [0.5, 0.6) is 5.75 Å². The first-order chi connectivity index (χ1) is 15.0. The maximum absolute atomic E-state index is 10.9. The maximum Gasteiger partial charge on any atom is 0.153 e. The molecule has 0 radical (unpaired) electrons. The van der Waals surface area contributed by atoms with Gasteiger partial charge in [0, 0.05) is 25.2 Å². The van der Waals surface area contributed by atoms with Gasteiger partial charge in [-0.15, -0.1) is 0 Å². The van der Waals surface area contributed by atoms with E-state index in [1.807, 2.05) is 54.6 Å². The Morgan fingerprint density at radius 1 is 0.903 bits per heavy atom. The Morgan fingerprint density at radius 3 is 2.32 bits per heavy atom. The maximum atomic E-state index is 10.9. The number of hydrogen-bond donors (Lipinski definition) is 5. The highest BCUT2D eigenvalue weighted by Gasteiger charge is 2.08. The van der Waals surface area contributed by atoms with E-state index in [1.54, 1.807) is 12.1 Å². The van der Waals surface area contributed by atoms with Crippen LogP contribution in [0.15, 0.2) is 72.8 Å². The zero-order chi connectivity index (χ0) is 22.1. The number of aliphatic hydroxyl groups is 2. The highest BCUT2D eigenvalue weighted by molar-refractivity contribution is 5.79. The van der Waals surface area contributed by atoms with Crippen molar-refractivity contribution in [1.82, 2.24) is 5.32 Å². The highest BCUT2D eigenvalue weighted by Crippen LogP contribution is 2.17. The Kier molecular flexibility index (Phi) is 8.18. The van der Waals surface area contributed by atoms with E-state index in [1.165, 1.54) is 6.07 Å². The number of hydrogen-bond acceptors (Lipinski definition) is 6. The van der Waals surface area contributed by atoms with Crippen LogP contribution in [0.1, 0.15) is 33.2 Å². The van der Waals surface area contributed by atoms with Crippen LogP contribution in [0, 0.1) is 0 Å². The zero-order valence-electron chi connectivity index (χ0n) is 17.2. The van der Waals surface area contributed by atoms with Gasteiger partial charge in [-0.25, -0.2) is 0 Å². The molecule has 0 fully saturated rings. The van der Waals surface area contributed by atoms with E-state index in [0.717, 1.165) is 28.8 Å². The van der Waals surface area contributed by atoms with Gasteiger partial charge in [0.1, 0.15) is 12.0 Å². The molecule has 6 heteroatoms. The van der Waals surface area contributed by atoms with E-state index in [2.05, 4.69) is 10.6 Å². The van der Waals surface area contributed by atoms with E-state index in [0.29, 0.717) is 25.8 Å². The first-order valence-electron chi connectivity index (χ1n) is 10.3.